The minimum Gasteiger partial charge on any atom is -0.314 e. The van der Waals surface area contributed by atoms with Crippen LogP contribution in [0.4, 0.5) is 0 Å². The zero-order valence-electron chi connectivity index (χ0n) is 14.8. The van der Waals surface area contributed by atoms with Crippen molar-refractivity contribution in [1.82, 2.24) is 5.32 Å². The summed E-state index contributed by atoms with van der Waals surface area (Å²) in [5.74, 6) is 1.78. The predicted octanol–water partition coefficient (Wildman–Crippen LogP) is 5.79. The molecule has 1 N–H and O–H groups in total. The zero-order valence-corrected chi connectivity index (χ0v) is 14.8. The molecule has 0 spiro atoms. The van der Waals surface area contributed by atoms with Crippen LogP contribution in [0.2, 0.25) is 0 Å². The molecule has 1 aliphatic rings. The van der Waals surface area contributed by atoms with Crippen LogP contribution in [-0.2, 0) is 0 Å². The van der Waals surface area contributed by atoms with Crippen LogP contribution in [0.3, 0.4) is 0 Å². The molecule has 1 nitrogen and oxygen atoms in total. The van der Waals surface area contributed by atoms with Crippen LogP contribution < -0.4 is 5.32 Å². The molecule has 0 aliphatic heterocycles. The van der Waals surface area contributed by atoms with Crippen molar-refractivity contribution in [3.8, 4) is 0 Å². The quantitative estimate of drug-likeness (QED) is 0.583. The van der Waals surface area contributed by atoms with E-state index < -0.39 is 0 Å². The summed E-state index contributed by atoms with van der Waals surface area (Å²) in [4.78, 5) is 0. The van der Waals surface area contributed by atoms with E-state index in [1.165, 1.54) is 64.3 Å². The van der Waals surface area contributed by atoms with E-state index in [0.717, 1.165) is 17.9 Å². The van der Waals surface area contributed by atoms with Crippen molar-refractivity contribution in [2.24, 2.45) is 17.3 Å². The molecule has 2 atom stereocenters. The van der Waals surface area contributed by atoms with Crippen molar-refractivity contribution in [3.05, 3.63) is 0 Å². The second-order valence-electron chi connectivity index (χ2n) is 8.42. The highest BCUT2D eigenvalue weighted by Crippen LogP contribution is 2.32. The van der Waals surface area contributed by atoms with Gasteiger partial charge in [0.05, 0.1) is 0 Å². The van der Waals surface area contributed by atoms with E-state index in [0.29, 0.717) is 5.41 Å². The van der Waals surface area contributed by atoms with Gasteiger partial charge < -0.3 is 5.32 Å². The van der Waals surface area contributed by atoms with Crippen molar-refractivity contribution in [3.63, 3.8) is 0 Å². The summed E-state index contributed by atoms with van der Waals surface area (Å²) in [7, 11) is 0. The van der Waals surface area contributed by atoms with Crippen LogP contribution in [0.25, 0.3) is 0 Å². The van der Waals surface area contributed by atoms with Crippen molar-refractivity contribution in [2.45, 2.75) is 98.4 Å². The standard InChI is InChI=1S/C19H39N/c1-6-13-20-18(14-16(2)15-19(3,4)5)17-11-9-7-8-10-12-17/h16-18,20H,6-15H2,1-5H3. The van der Waals surface area contributed by atoms with Crippen LogP contribution in [0.15, 0.2) is 0 Å². The third-order valence-corrected chi connectivity index (χ3v) is 4.74. The average Bonchev–Trinajstić information content (AvgIpc) is 2.60. The molecular formula is C19H39N. The summed E-state index contributed by atoms with van der Waals surface area (Å²) in [6.07, 6.45) is 12.8. The highest BCUT2D eigenvalue weighted by molar-refractivity contribution is 4.81. The first-order valence-electron chi connectivity index (χ1n) is 9.15. The predicted molar refractivity (Wildman–Crippen MR) is 91.1 cm³/mol. The summed E-state index contributed by atoms with van der Waals surface area (Å²) in [5, 5.41) is 3.88. The van der Waals surface area contributed by atoms with E-state index in [2.05, 4.69) is 39.9 Å². The Morgan fingerprint density at radius 2 is 1.65 bits per heavy atom. The molecule has 20 heavy (non-hydrogen) atoms. The van der Waals surface area contributed by atoms with Crippen LogP contribution >= 0.6 is 0 Å². The van der Waals surface area contributed by atoms with E-state index >= 15 is 0 Å². The highest BCUT2D eigenvalue weighted by atomic mass is 14.9. The van der Waals surface area contributed by atoms with Crippen molar-refractivity contribution < 1.29 is 0 Å². The lowest BCUT2D eigenvalue weighted by molar-refractivity contribution is 0.231. The summed E-state index contributed by atoms with van der Waals surface area (Å²) in [6.45, 7) is 13.1. The molecule has 0 aromatic rings. The van der Waals surface area contributed by atoms with E-state index in [4.69, 9.17) is 0 Å². The fourth-order valence-electron chi connectivity index (χ4n) is 4.05. The minimum absolute atomic E-state index is 0.470. The van der Waals surface area contributed by atoms with Gasteiger partial charge in [-0.25, -0.2) is 0 Å². The summed E-state index contributed by atoms with van der Waals surface area (Å²) >= 11 is 0. The third kappa shape index (κ3) is 7.67. The molecule has 1 fully saturated rings. The fraction of sp³-hybridized carbons (Fsp3) is 1.00. The van der Waals surface area contributed by atoms with Gasteiger partial charge in [-0.05, 0) is 55.9 Å². The third-order valence-electron chi connectivity index (χ3n) is 4.74. The molecule has 0 saturated heterocycles. The second kappa shape index (κ2) is 9.07. The van der Waals surface area contributed by atoms with E-state index in [9.17, 15) is 0 Å². The maximum Gasteiger partial charge on any atom is 0.00978 e. The number of hydrogen-bond donors (Lipinski definition) is 1. The highest BCUT2D eigenvalue weighted by Gasteiger charge is 2.25. The normalized spacial score (nSPS) is 21.4. The van der Waals surface area contributed by atoms with Crippen LogP contribution in [0.1, 0.15) is 92.4 Å². The number of hydrogen-bond acceptors (Lipinski definition) is 1. The largest absolute Gasteiger partial charge is 0.314 e. The maximum absolute atomic E-state index is 3.88. The Morgan fingerprint density at radius 3 is 2.15 bits per heavy atom. The first-order valence-corrected chi connectivity index (χ1v) is 9.15. The van der Waals surface area contributed by atoms with Gasteiger partial charge >= 0.3 is 0 Å². The maximum atomic E-state index is 3.88. The molecule has 0 radical (unpaired) electrons. The molecule has 0 aromatic carbocycles. The Labute approximate surface area is 128 Å². The number of nitrogens with one attached hydrogen (secondary N) is 1. The Kier molecular flexibility index (Phi) is 8.17. The molecule has 0 bridgehead atoms. The SMILES string of the molecule is CCCNC(CC(C)CC(C)(C)C)C1CCCCCC1. The molecule has 0 amide bonds. The van der Waals surface area contributed by atoms with Gasteiger partial charge in [-0.15, -0.1) is 0 Å². The lowest BCUT2D eigenvalue weighted by Gasteiger charge is -2.32. The Morgan fingerprint density at radius 1 is 1.05 bits per heavy atom. The fourth-order valence-corrected chi connectivity index (χ4v) is 4.05. The molecule has 1 saturated carbocycles. The minimum atomic E-state index is 0.470. The van der Waals surface area contributed by atoms with Crippen LogP contribution in [0, 0.1) is 17.3 Å². The molecule has 0 aromatic heterocycles. The topological polar surface area (TPSA) is 12.0 Å². The Balaban J connectivity index is 2.53. The lowest BCUT2D eigenvalue weighted by atomic mass is 9.79. The average molecular weight is 282 g/mol. The second-order valence-corrected chi connectivity index (χ2v) is 8.42. The van der Waals surface area contributed by atoms with E-state index in [1.807, 2.05) is 0 Å². The summed E-state index contributed by atoms with van der Waals surface area (Å²) in [5.41, 5.74) is 0.470. The van der Waals surface area contributed by atoms with Gasteiger partial charge in [0.2, 0.25) is 0 Å². The van der Waals surface area contributed by atoms with Gasteiger partial charge in [-0.3, -0.25) is 0 Å². The van der Waals surface area contributed by atoms with Gasteiger partial charge in [0.25, 0.3) is 0 Å². The van der Waals surface area contributed by atoms with Crippen molar-refractivity contribution in [1.29, 1.82) is 0 Å². The first-order chi connectivity index (χ1) is 9.42. The van der Waals surface area contributed by atoms with Gasteiger partial charge in [0, 0.05) is 6.04 Å². The molecule has 2 unspecified atom stereocenters. The molecule has 1 heteroatoms. The molecule has 1 rings (SSSR count). The van der Waals surface area contributed by atoms with Crippen LogP contribution in [-0.4, -0.2) is 12.6 Å². The van der Waals surface area contributed by atoms with Gasteiger partial charge in [-0.2, -0.15) is 0 Å². The summed E-state index contributed by atoms with van der Waals surface area (Å²) < 4.78 is 0. The van der Waals surface area contributed by atoms with Crippen molar-refractivity contribution in [2.75, 3.05) is 6.54 Å². The molecule has 120 valence electrons. The van der Waals surface area contributed by atoms with Crippen molar-refractivity contribution >= 4 is 0 Å². The Bertz CT molecular complexity index is 233. The van der Waals surface area contributed by atoms with E-state index in [-0.39, 0.29) is 0 Å². The van der Waals surface area contributed by atoms with Crippen LogP contribution in [0.5, 0.6) is 0 Å². The molecule has 0 heterocycles. The summed E-state index contributed by atoms with van der Waals surface area (Å²) in [6, 6.07) is 0.769. The molecule has 1 aliphatic carbocycles. The van der Waals surface area contributed by atoms with Gasteiger partial charge in [0.1, 0.15) is 0 Å². The monoisotopic (exact) mass is 281 g/mol. The molecular weight excluding hydrogens is 242 g/mol. The van der Waals surface area contributed by atoms with Gasteiger partial charge in [0.15, 0.2) is 0 Å². The van der Waals surface area contributed by atoms with Gasteiger partial charge in [-0.1, -0.05) is 60.3 Å². The zero-order chi connectivity index (χ0) is 15.0. The number of rotatable bonds is 7. The lowest BCUT2D eigenvalue weighted by Crippen LogP contribution is -2.38. The first kappa shape index (κ1) is 18.0. The van der Waals surface area contributed by atoms with E-state index in [1.54, 1.807) is 0 Å². The Hall–Kier alpha value is -0.0400. The smallest absolute Gasteiger partial charge is 0.00978 e.